The molecule has 2 amide bonds. The van der Waals surface area contributed by atoms with Crippen molar-refractivity contribution in [1.29, 1.82) is 0 Å². The molecule has 1 rings (SSSR count). The van der Waals surface area contributed by atoms with Crippen molar-refractivity contribution in [3.8, 4) is 0 Å². The Balaban J connectivity index is 2.79. The van der Waals surface area contributed by atoms with Gasteiger partial charge in [0.2, 0.25) is 0 Å². The molecule has 0 aromatic heterocycles. The summed E-state index contributed by atoms with van der Waals surface area (Å²) in [6.45, 7) is 5.51. The van der Waals surface area contributed by atoms with Crippen LogP contribution in [-0.4, -0.2) is 34.6 Å². The second kappa shape index (κ2) is 6.88. The summed E-state index contributed by atoms with van der Waals surface area (Å²) >= 11 is 0. The van der Waals surface area contributed by atoms with Crippen molar-refractivity contribution < 1.29 is 19.1 Å². The first-order valence-corrected chi connectivity index (χ1v) is 6.40. The van der Waals surface area contributed by atoms with Gasteiger partial charge in [-0.15, -0.1) is 0 Å². The van der Waals surface area contributed by atoms with Gasteiger partial charge in [0.15, 0.2) is 0 Å². The second-order valence-corrected chi connectivity index (χ2v) is 4.68. The number of anilines is 1. The van der Waals surface area contributed by atoms with Crippen LogP contribution in [0.1, 0.15) is 25.8 Å². The fourth-order valence-electron chi connectivity index (χ4n) is 2.02. The lowest BCUT2D eigenvalue weighted by Gasteiger charge is -2.27. The highest BCUT2D eigenvalue weighted by molar-refractivity contribution is 5.89. The van der Waals surface area contributed by atoms with Crippen LogP contribution in [0.4, 0.5) is 14.9 Å². The van der Waals surface area contributed by atoms with Gasteiger partial charge < -0.3 is 15.3 Å². The van der Waals surface area contributed by atoms with E-state index in [1.54, 1.807) is 26.8 Å². The molecule has 1 atom stereocenters. The molecule has 1 aromatic rings. The average molecular weight is 282 g/mol. The van der Waals surface area contributed by atoms with E-state index in [1.165, 1.54) is 17.0 Å². The molecule has 0 radical (unpaired) electrons. The van der Waals surface area contributed by atoms with Gasteiger partial charge in [-0.2, -0.15) is 0 Å². The number of halogens is 1. The van der Waals surface area contributed by atoms with Gasteiger partial charge in [-0.25, -0.2) is 9.18 Å². The lowest BCUT2D eigenvalue weighted by Crippen LogP contribution is -2.42. The minimum atomic E-state index is -0.967. The quantitative estimate of drug-likeness (QED) is 0.872. The highest BCUT2D eigenvalue weighted by Crippen LogP contribution is 2.15. The number of urea groups is 1. The number of aryl methyl sites for hydroxylation is 1. The summed E-state index contributed by atoms with van der Waals surface area (Å²) in [6.07, 6.45) is -0.135. The Morgan fingerprint density at radius 1 is 1.40 bits per heavy atom. The number of benzene rings is 1. The summed E-state index contributed by atoms with van der Waals surface area (Å²) < 4.78 is 13.2. The van der Waals surface area contributed by atoms with Crippen LogP contribution in [0.3, 0.4) is 0 Å². The number of carbonyl (C=O) groups is 2. The molecule has 20 heavy (non-hydrogen) atoms. The van der Waals surface area contributed by atoms with E-state index in [2.05, 4.69) is 5.32 Å². The first-order valence-electron chi connectivity index (χ1n) is 6.40. The SMILES string of the molecule is CCN(C(=O)Nc1cc(C)cc(F)c1)C(C)CC(=O)O. The van der Waals surface area contributed by atoms with Crippen molar-refractivity contribution in [2.75, 3.05) is 11.9 Å². The normalized spacial score (nSPS) is 11.8. The zero-order valence-corrected chi connectivity index (χ0v) is 11.8. The number of aliphatic carboxylic acids is 1. The van der Waals surface area contributed by atoms with Crippen molar-refractivity contribution >= 4 is 17.7 Å². The van der Waals surface area contributed by atoms with Crippen LogP contribution < -0.4 is 5.32 Å². The number of hydrogen-bond donors (Lipinski definition) is 2. The molecule has 0 spiro atoms. The molecule has 1 unspecified atom stereocenters. The van der Waals surface area contributed by atoms with Gasteiger partial charge in [-0.05, 0) is 44.5 Å². The second-order valence-electron chi connectivity index (χ2n) is 4.68. The molecule has 5 nitrogen and oxygen atoms in total. The predicted octanol–water partition coefficient (Wildman–Crippen LogP) is 2.85. The summed E-state index contributed by atoms with van der Waals surface area (Å²) in [5, 5.41) is 11.3. The summed E-state index contributed by atoms with van der Waals surface area (Å²) in [4.78, 5) is 24.2. The zero-order valence-electron chi connectivity index (χ0n) is 11.8. The predicted molar refractivity (Wildman–Crippen MR) is 74.3 cm³/mol. The third kappa shape index (κ3) is 4.53. The van der Waals surface area contributed by atoms with Gasteiger partial charge >= 0.3 is 12.0 Å². The molecule has 0 saturated heterocycles. The van der Waals surface area contributed by atoms with E-state index in [1.807, 2.05) is 0 Å². The summed E-state index contributed by atoms with van der Waals surface area (Å²) in [5.41, 5.74) is 1.05. The van der Waals surface area contributed by atoms with E-state index in [4.69, 9.17) is 5.11 Å². The standard InChI is InChI=1S/C14H19FN2O3/c1-4-17(10(3)7-13(18)19)14(20)16-12-6-9(2)5-11(15)8-12/h5-6,8,10H,4,7H2,1-3H3,(H,16,20)(H,18,19). The molecule has 1 aromatic carbocycles. The summed E-state index contributed by atoms with van der Waals surface area (Å²) in [5.74, 6) is -1.40. The van der Waals surface area contributed by atoms with E-state index in [0.717, 1.165) is 0 Å². The van der Waals surface area contributed by atoms with Crippen molar-refractivity contribution in [3.63, 3.8) is 0 Å². The molecule has 0 aliphatic rings. The van der Waals surface area contributed by atoms with Crippen molar-refractivity contribution in [3.05, 3.63) is 29.6 Å². The van der Waals surface area contributed by atoms with Crippen LogP contribution >= 0.6 is 0 Å². The fraction of sp³-hybridized carbons (Fsp3) is 0.429. The maximum Gasteiger partial charge on any atom is 0.322 e. The van der Waals surface area contributed by atoms with Crippen LogP contribution in [0.15, 0.2) is 18.2 Å². The largest absolute Gasteiger partial charge is 0.481 e. The van der Waals surface area contributed by atoms with Gasteiger partial charge in [0, 0.05) is 18.3 Å². The van der Waals surface area contributed by atoms with Crippen molar-refractivity contribution in [2.24, 2.45) is 0 Å². The van der Waals surface area contributed by atoms with Crippen LogP contribution in [0.2, 0.25) is 0 Å². The molecule has 6 heteroatoms. The molecular weight excluding hydrogens is 263 g/mol. The van der Waals surface area contributed by atoms with Crippen LogP contribution in [0.25, 0.3) is 0 Å². The fourth-order valence-corrected chi connectivity index (χ4v) is 2.02. The number of carbonyl (C=O) groups excluding carboxylic acids is 1. The van der Waals surface area contributed by atoms with Crippen molar-refractivity contribution in [1.82, 2.24) is 4.90 Å². The summed E-state index contributed by atoms with van der Waals surface area (Å²) in [6, 6.07) is 3.36. The van der Waals surface area contributed by atoms with Gasteiger partial charge in [0.1, 0.15) is 5.82 Å². The van der Waals surface area contributed by atoms with E-state index in [0.29, 0.717) is 17.8 Å². The minimum Gasteiger partial charge on any atom is -0.481 e. The van der Waals surface area contributed by atoms with Gasteiger partial charge in [0.25, 0.3) is 0 Å². The highest BCUT2D eigenvalue weighted by Gasteiger charge is 2.20. The number of rotatable bonds is 5. The number of hydrogen-bond acceptors (Lipinski definition) is 2. The maximum atomic E-state index is 13.2. The first-order chi connectivity index (χ1) is 9.33. The van der Waals surface area contributed by atoms with E-state index >= 15 is 0 Å². The smallest absolute Gasteiger partial charge is 0.322 e. The van der Waals surface area contributed by atoms with Gasteiger partial charge in [-0.1, -0.05) is 0 Å². The van der Waals surface area contributed by atoms with Gasteiger partial charge in [0.05, 0.1) is 6.42 Å². The Kier molecular flexibility index (Phi) is 5.49. The minimum absolute atomic E-state index is 0.135. The lowest BCUT2D eigenvalue weighted by molar-refractivity contribution is -0.137. The van der Waals surface area contributed by atoms with E-state index in [-0.39, 0.29) is 6.42 Å². The summed E-state index contributed by atoms with van der Waals surface area (Å²) in [7, 11) is 0. The van der Waals surface area contributed by atoms with Crippen LogP contribution in [0, 0.1) is 12.7 Å². The molecule has 0 aliphatic carbocycles. The number of carboxylic acids is 1. The highest BCUT2D eigenvalue weighted by atomic mass is 19.1. The molecule has 2 N–H and O–H groups in total. The number of nitrogens with zero attached hydrogens (tertiary/aromatic N) is 1. The maximum absolute atomic E-state index is 13.2. The number of carboxylic acid groups (broad SMARTS) is 1. The third-order valence-corrected chi connectivity index (χ3v) is 2.90. The molecule has 0 saturated carbocycles. The molecule has 0 heterocycles. The first kappa shape index (κ1) is 15.9. The molecule has 0 bridgehead atoms. The van der Waals surface area contributed by atoms with Crippen LogP contribution in [-0.2, 0) is 4.79 Å². The average Bonchev–Trinajstić information content (AvgIpc) is 2.26. The Labute approximate surface area is 117 Å². The van der Waals surface area contributed by atoms with E-state index < -0.39 is 23.9 Å². The Morgan fingerprint density at radius 3 is 2.55 bits per heavy atom. The topological polar surface area (TPSA) is 69.6 Å². The molecule has 0 aliphatic heterocycles. The molecular formula is C14H19FN2O3. The molecule has 110 valence electrons. The monoisotopic (exact) mass is 282 g/mol. The van der Waals surface area contributed by atoms with Crippen molar-refractivity contribution in [2.45, 2.75) is 33.2 Å². The Hall–Kier alpha value is -2.11. The Bertz CT molecular complexity index is 485. The Morgan fingerprint density at radius 2 is 2.05 bits per heavy atom. The molecule has 0 fully saturated rings. The third-order valence-electron chi connectivity index (χ3n) is 2.90. The van der Waals surface area contributed by atoms with E-state index in [9.17, 15) is 14.0 Å². The van der Waals surface area contributed by atoms with Gasteiger partial charge in [-0.3, -0.25) is 4.79 Å². The van der Waals surface area contributed by atoms with Crippen LogP contribution in [0.5, 0.6) is 0 Å². The number of amides is 2. The zero-order chi connectivity index (χ0) is 15.3. The number of nitrogens with one attached hydrogen (secondary N) is 1. The lowest BCUT2D eigenvalue weighted by atomic mass is 10.2.